The van der Waals surface area contributed by atoms with Gasteiger partial charge in [0.05, 0.1) is 16.5 Å². The van der Waals surface area contributed by atoms with Gasteiger partial charge in [0.1, 0.15) is 0 Å². The Labute approximate surface area is 168 Å². The molecule has 1 fully saturated rings. The van der Waals surface area contributed by atoms with E-state index in [0.29, 0.717) is 37.4 Å². The highest BCUT2D eigenvalue weighted by atomic mass is 35.5. The average molecular weight is 413 g/mol. The molecule has 154 valence electrons. The second-order valence-electron chi connectivity index (χ2n) is 7.13. The lowest BCUT2D eigenvalue weighted by atomic mass is 9.92. The van der Waals surface area contributed by atoms with E-state index in [9.17, 15) is 19.7 Å². The van der Waals surface area contributed by atoms with Crippen LogP contribution in [0.25, 0.3) is 11.1 Å². The van der Waals surface area contributed by atoms with Crippen LogP contribution in [0.15, 0.2) is 27.4 Å². The van der Waals surface area contributed by atoms with Crippen LogP contribution in [0.4, 0.5) is 5.69 Å². The van der Waals surface area contributed by atoms with Crippen molar-refractivity contribution >= 4 is 35.1 Å². The minimum absolute atomic E-state index is 0. The topological polar surface area (TPSA) is 125 Å². The summed E-state index contributed by atoms with van der Waals surface area (Å²) in [5, 5.41) is 10.8. The number of nitro groups is 1. The zero-order chi connectivity index (χ0) is 19.6. The van der Waals surface area contributed by atoms with E-state index in [1.807, 2.05) is 11.8 Å². The molecule has 28 heavy (non-hydrogen) atoms. The molecule has 1 aromatic carbocycles. The smallest absolute Gasteiger partial charge is 0.407 e. The van der Waals surface area contributed by atoms with Gasteiger partial charge in [0.2, 0.25) is 5.91 Å². The number of oxazole rings is 1. The molecule has 2 atom stereocenters. The standard InChI is InChI=1S/C18H24N4O5.ClH/c1-12(19)13-4-2-8-20(11-13)17(23)5-3-9-21-15-7-6-14(22(25)26)10-16(15)27-18(21)24;/h6-7,10,12-13H,2-5,8-9,11,19H2,1H3;1H. The van der Waals surface area contributed by atoms with Gasteiger partial charge in [0.15, 0.2) is 5.58 Å². The number of non-ortho nitro benzene ring substituents is 1. The molecule has 0 bridgehead atoms. The second-order valence-corrected chi connectivity index (χ2v) is 7.13. The molecule has 2 unspecified atom stereocenters. The molecule has 1 amide bonds. The molecular formula is C18H25ClN4O5. The van der Waals surface area contributed by atoms with E-state index in [0.717, 1.165) is 19.4 Å². The quantitative estimate of drug-likeness (QED) is 0.573. The van der Waals surface area contributed by atoms with Gasteiger partial charge in [-0.3, -0.25) is 19.5 Å². The molecule has 1 saturated heterocycles. The Balaban J connectivity index is 0.00000280. The summed E-state index contributed by atoms with van der Waals surface area (Å²) in [4.78, 5) is 36.6. The van der Waals surface area contributed by atoms with Gasteiger partial charge in [0, 0.05) is 38.2 Å². The van der Waals surface area contributed by atoms with Crippen LogP contribution in [0.5, 0.6) is 0 Å². The number of nitrogens with two attached hydrogens (primary N) is 1. The molecule has 2 N–H and O–H groups in total. The molecule has 1 aliphatic rings. The third-order valence-electron chi connectivity index (χ3n) is 5.19. The van der Waals surface area contributed by atoms with Crippen molar-refractivity contribution in [2.75, 3.05) is 13.1 Å². The van der Waals surface area contributed by atoms with Crippen LogP contribution < -0.4 is 11.5 Å². The van der Waals surface area contributed by atoms with Gasteiger partial charge in [-0.05, 0) is 38.2 Å². The number of piperidine rings is 1. The summed E-state index contributed by atoms with van der Waals surface area (Å²) in [7, 11) is 0. The third kappa shape index (κ3) is 4.71. The van der Waals surface area contributed by atoms with E-state index in [1.165, 1.54) is 22.8 Å². The maximum absolute atomic E-state index is 12.5. The molecule has 0 saturated carbocycles. The number of halogens is 1. The second kappa shape index (κ2) is 9.20. The fourth-order valence-corrected chi connectivity index (χ4v) is 3.59. The van der Waals surface area contributed by atoms with Gasteiger partial charge in [-0.15, -0.1) is 12.4 Å². The van der Waals surface area contributed by atoms with Crippen molar-refractivity contribution in [2.24, 2.45) is 11.7 Å². The Morgan fingerprint density at radius 3 is 2.89 bits per heavy atom. The van der Waals surface area contributed by atoms with Crippen LogP contribution >= 0.6 is 12.4 Å². The Morgan fingerprint density at radius 2 is 2.21 bits per heavy atom. The number of amides is 1. The molecular weight excluding hydrogens is 388 g/mol. The number of carbonyl (C=O) groups excluding carboxylic acids is 1. The van der Waals surface area contributed by atoms with Crippen LogP contribution in [-0.4, -0.2) is 39.4 Å². The minimum atomic E-state index is -0.576. The maximum atomic E-state index is 12.5. The molecule has 0 aliphatic carbocycles. The van der Waals surface area contributed by atoms with Crippen molar-refractivity contribution in [2.45, 2.75) is 45.2 Å². The van der Waals surface area contributed by atoms with Crippen molar-refractivity contribution in [1.29, 1.82) is 0 Å². The van der Waals surface area contributed by atoms with Crippen LogP contribution in [0, 0.1) is 16.0 Å². The number of fused-ring (bicyclic) bond motifs is 1. The fourth-order valence-electron chi connectivity index (χ4n) is 3.59. The third-order valence-corrected chi connectivity index (χ3v) is 5.19. The first-order valence-corrected chi connectivity index (χ1v) is 9.18. The van der Waals surface area contributed by atoms with Gasteiger partial charge >= 0.3 is 5.76 Å². The summed E-state index contributed by atoms with van der Waals surface area (Å²) >= 11 is 0. The predicted molar refractivity (Wildman–Crippen MR) is 107 cm³/mol. The van der Waals surface area contributed by atoms with Gasteiger partial charge < -0.3 is 15.1 Å². The SMILES string of the molecule is CC(N)C1CCCN(C(=O)CCCn2c(=O)oc3cc([N+](=O)[O-])ccc32)C1.Cl. The molecule has 2 heterocycles. The summed E-state index contributed by atoms with van der Waals surface area (Å²) in [5.41, 5.74) is 6.50. The van der Waals surface area contributed by atoms with Crippen molar-refractivity contribution in [3.63, 3.8) is 0 Å². The molecule has 9 nitrogen and oxygen atoms in total. The first kappa shape index (κ1) is 21.9. The highest BCUT2D eigenvalue weighted by Gasteiger charge is 2.25. The minimum Gasteiger partial charge on any atom is -0.407 e. The molecule has 1 aliphatic heterocycles. The Morgan fingerprint density at radius 1 is 1.46 bits per heavy atom. The summed E-state index contributed by atoms with van der Waals surface area (Å²) in [6.45, 7) is 3.73. The fraction of sp³-hybridized carbons (Fsp3) is 0.556. The number of nitrogens with zero attached hydrogens (tertiary/aromatic N) is 3. The van der Waals surface area contributed by atoms with Crippen LogP contribution in [0.3, 0.4) is 0 Å². The zero-order valence-electron chi connectivity index (χ0n) is 15.7. The Kier molecular flexibility index (Phi) is 7.20. The van der Waals surface area contributed by atoms with Crippen LogP contribution in [0.1, 0.15) is 32.6 Å². The first-order chi connectivity index (χ1) is 12.9. The first-order valence-electron chi connectivity index (χ1n) is 9.18. The van der Waals surface area contributed by atoms with E-state index >= 15 is 0 Å². The lowest BCUT2D eigenvalue weighted by Gasteiger charge is -2.34. The predicted octanol–water partition coefficient (Wildman–Crippen LogP) is 2.29. The number of hydrogen-bond acceptors (Lipinski definition) is 6. The van der Waals surface area contributed by atoms with Crippen molar-refractivity contribution in [3.8, 4) is 0 Å². The van der Waals surface area contributed by atoms with Crippen LogP contribution in [-0.2, 0) is 11.3 Å². The summed E-state index contributed by atoms with van der Waals surface area (Å²) in [6.07, 6.45) is 2.83. The number of nitro benzene ring substituents is 1. The highest BCUT2D eigenvalue weighted by molar-refractivity contribution is 5.85. The number of rotatable bonds is 6. The lowest BCUT2D eigenvalue weighted by molar-refractivity contribution is -0.384. The molecule has 2 aromatic rings. The number of likely N-dealkylation sites (tertiary alicyclic amines) is 1. The largest absolute Gasteiger partial charge is 0.419 e. The molecule has 3 rings (SSSR count). The monoisotopic (exact) mass is 412 g/mol. The molecule has 10 heteroatoms. The van der Waals surface area contributed by atoms with Gasteiger partial charge in [0.25, 0.3) is 5.69 Å². The van der Waals surface area contributed by atoms with Crippen molar-refractivity contribution in [1.82, 2.24) is 9.47 Å². The van der Waals surface area contributed by atoms with Crippen LogP contribution in [0.2, 0.25) is 0 Å². The van der Waals surface area contributed by atoms with E-state index < -0.39 is 10.7 Å². The lowest BCUT2D eigenvalue weighted by Crippen LogP contribution is -2.45. The average Bonchev–Trinajstić information content (AvgIpc) is 2.96. The normalized spacial score (nSPS) is 17.9. The van der Waals surface area contributed by atoms with Gasteiger partial charge in [-0.2, -0.15) is 0 Å². The summed E-state index contributed by atoms with van der Waals surface area (Å²) in [5.74, 6) is -0.177. The number of benzene rings is 1. The van der Waals surface area contributed by atoms with Crippen molar-refractivity contribution < 1.29 is 14.1 Å². The zero-order valence-corrected chi connectivity index (χ0v) is 16.5. The Bertz CT molecular complexity index is 907. The number of carbonyl (C=O) groups is 1. The van der Waals surface area contributed by atoms with E-state index in [-0.39, 0.29) is 35.6 Å². The maximum Gasteiger partial charge on any atom is 0.419 e. The molecule has 0 radical (unpaired) electrons. The number of hydrogen-bond donors (Lipinski definition) is 1. The summed E-state index contributed by atoms with van der Waals surface area (Å²) < 4.78 is 6.51. The summed E-state index contributed by atoms with van der Waals surface area (Å²) in [6, 6.07) is 4.14. The van der Waals surface area contributed by atoms with E-state index in [4.69, 9.17) is 10.2 Å². The molecule has 0 spiro atoms. The van der Waals surface area contributed by atoms with Gasteiger partial charge in [-0.1, -0.05) is 0 Å². The van der Waals surface area contributed by atoms with Gasteiger partial charge in [-0.25, -0.2) is 4.79 Å². The van der Waals surface area contributed by atoms with Crippen molar-refractivity contribution in [3.05, 3.63) is 38.9 Å². The van der Waals surface area contributed by atoms with E-state index in [1.54, 1.807) is 0 Å². The molecule has 1 aromatic heterocycles. The van der Waals surface area contributed by atoms with E-state index in [2.05, 4.69) is 0 Å². The Hall–Kier alpha value is -2.39. The number of aromatic nitrogens is 1. The highest BCUT2D eigenvalue weighted by Crippen LogP contribution is 2.21. The number of aryl methyl sites for hydroxylation is 1.